The van der Waals surface area contributed by atoms with Crippen LogP contribution in [0.15, 0.2) is 33.5 Å². The molecule has 0 aliphatic heterocycles. The van der Waals surface area contributed by atoms with Gasteiger partial charge in [-0.1, -0.05) is 12.1 Å². The molecule has 98 valence electrons. The Balaban J connectivity index is 2.10. The lowest BCUT2D eigenvalue weighted by Crippen LogP contribution is -2.19. The van der Waals surface area contributed by atoms with Crippen LogP contribution in [0.4, 0.5) is 0 Å². The van der Waals surface area contributed by atoms with Gasteiger partial charge in [0.2, 0.25) is 0 Å². The average molecular weight is 260 g/mol. The van der Waals surface area contributed by atoms with Gasteiger partial charge in [-0.05, 0) is 19.1 Å². The van der Waals surface area contributed by atoms with Gasteiger partial charge in [0.25, 0.3) is 0 Å². The van der Waals surface area contributed by atoms with E-state index in [2.05, 4.69) is 0 Å². The number of fused-ring (bicyclic) bond motifs is 1. The Hall–Kier alpha value is -2.55. The maximum atomic E-state index is 11.6. The van der Waals surface area contributed by atoms with Gasteiger partial charge in [0.05, 0.1) is 11.9 Å². The van der Waals surface area contributed by atoms with Crippen molar-refractivity contribution in [2.75, 3.05) is 0 Å². The molecule has 6 heteroatoms. The summed E-state index contributed by atoms with van der Waals surface area (Å²) in [7, 11) is 0. The van der Waals surface area contributed by atoms with E-state index in [4.69, 9.17) is 14.4 Å². The topological polar surface area (TPSA) is 85.2 Å². The minimum Gasteiger partial charge on any atom is -0.447 e. The smallest absolute Gasteiger partial charge is 0.419 e. The SMILES string of the molecule is CC(C#N)OC(=O)CCn1c(=O)oc2ccccc21. The summed E-state index contributed by atoms with van der Waals surface area (Å²) >= 11 is 0. The molecule has 0 aliphatic rings. The van der Waals surface area contributed by atoms with E-state index in [0.717, 1.165) is 0 Å². The molecule has 1 unspecified atom stereocenters. The van der Waals surface area contributed by atoms with Crippen molar-refractivity contribution in [1.82, 2.24) is 4.57 Å². The van der Waals surface area contributed by atoms with Crippen molar-refractivity contribution in [3.8, 4) is 6.07 Å². The second kappa shape index (κ2) is 5.40. The average Bonchev–Trinajstić information content (AvgIpc) is 2.71. The number of rotatable bonds is 4. The van der Waals surface area contributed by atoms with E-state index < -0.39 is 17.8 Å². The maximum Gasteiger partial charge on any atom is 0.419 e. The molecule has 19 heavy (non-hydrogen) atoms. The van der Waals surface area contributed by atoms with E-state index in [-0.39, 0.29) is 13.0 Å². The summed E-state index contributed by atoms with van der Waals surface area (Å²) in [5.74, 6) is -1.03. The molecule has 0 amide bonds. The molecule has 1 atom stereocenters. The molecule has 2 rings (SSSR count). The zero-order valence-corrected chi connectivity index (χ0v) is 10.3. The van der Waals surface area contributed by atoms with Crippen LogP contribution in [0.5, 0.6) is 0 Å². The number of nitrogens with zero attached hydrogens (tertiary/aromatic N) is 2. The monoisotopic (exact) mass is 260 g/mol. The van der Waals surface area contributed by atoms with Crippen LogP contribution < -0.4 is 5.76 Å². The summed E-state index contributed by atoms with van der Waals surface area (Å²) in [4.78, 5) is 23.1. The Bertz CT molecular complexity index is 692. The van der Waals surface area contributed by atoms with E-state index in [1.165, 1.54) is 11.5 Å². The molecule has 1 heterocycles. The first-order chi connectivity index (χ1) is 9.11. The summed E-state index contributed by atoms with van der Waals surface area (Å²) in [5, 5.41) is 8.52. The summed E-state index contributed by atoms with van der Waals surface area (Å²) in [6.45, 7) is 1.64. The van der Waals surface area contributed by atoms with Crippen molar-refractivity contribution >= 4 is 17.1 Å². The van der Waals surface area contributed by atoms with Gasteiger partial charge in [-0.15, -0.1) is 0 Å². The Morgan fingerprint density at radius 2 is 2.26 bits per heavy atom. The van der Waals surface area contributed by atoms with Crippen LogP contribution >= 0.6 is 0 Å². The number of oxazole rings is 1. The Labute approximate surface area is 108 Å². The van der Waals surface area contributed by atoms with Gasteiger partial charge in [-0.3, -0.25) is 9.36 Å². The molecule has 0 fully saturated rings. The molecular weight excluding hydrogens is 248 g/mol. The van der Waals surface area contributed by atoms with E-state index in [1.807, 2.05) is 0 Å². The number of esters is 1. The van der Waals surface area contributed by atoms with Crippen LogP contribution in [0.25, 0.3) is 11.1 Å². The number of carbonyl (C=O) groups excluding carboxylic acids is 1. The highest BCUT2D eigenvalue weighted by Crippen LogP contribution is 2.12. The van der Waals surface area contributed by atoms with Gasteiger partial charge in [-0.25, -0.2) is 4.79 Å². The number of nitriles is 1. The first-order valence-corrected chi connectivity index (χ1v) is 5.79. The summed E-state index contributed by atoms with van der Waals surface area (Å²) in [6.07, 6.45) is -0.777. The predicted octanol–water partition coefficient (Wildman–Crippen LogP) is 1.44. The first kappa shape index (κ1) is 12.9. The van der Waals surface area contributed by atoms with Crippen LogP contribution in [0.3, 0.4) is 0 Å². The van der Waals surface area contributed by atoms with Crippen molar-refractivity contribution in [3.05, 3.63) is 34.8 Å². The second-order valence-corrected chi connectivity index (χ2v) is 4.00. The second-order valence-electron chi connectivity index (χ2n) is 4.00. The third-order valence-electron chi connectivity index (χ3n) is 2.60. The first-order valence-electron chi connectivity index (χ1n) is 5.79. The number of hydrogen-bond donors (Lipinski definition) is 0. The van der Waals surface area contributed by atoms with E-state index in [1.54, 1.807) is 30.3 Å². The lowest BCUT2D eigenvalue weighted by atomic mass is 10.3. The molecule has 2 aromatic rings. The number of para-hydroxylation sites is 2. The Kier molecular flexibility index (Phi) is 3.66. The number of benzene rings is 1. The fourth-order valence-electron chi connectivity index (χ4n) is 1.71. The van der Waals surface area contributed by atoms with Crippen molar-refractivity contribution in [2.45, 2.75) is 26.0 Å². The van der Waals surface area contributed by atoms with E-state index in [0.29, 0.717) is 11.1 Å². The molecule has 0 spiro atoms. The molecule has 0 radical (unpaired) electrons. The van der Waals surface area contributed by atoms with Crippen LogP contribution in [-0.2, 0) is 16.1 Å². The quantitative estimate of drug-likeness (QED) is 0.776. The van der Waals surface area contributed by atoms with Gasteiger partial charge >= 0.3 is 11.7 Å². The minimum absolute atomic E-state index is 0.00938. The highest BCUT2D eigenvalue weighted by atomic mass is 16.5. The lowest BCUT2D eigenvalue weighted by Gasteiger charge is -2.05. The summed E-state index contributed by atoms with van der Waals surface area (Å²) in [6, 6.07) is 8.77. The summed E-state index contributed by atoms with van der Waals surface area (Å²) < 4.78 is 11.2. The fourth-order valence-corrected chi connectivity index (χ4v) is 1.71. The van der Waals surface area contributed by atoms with Crippen LogP contribution in [0.2, 0.25) is 0 Å². The molecular formula is C13H12N2O4. The zero-order chi connectivity index (χ0) is 13.8. The molecule has 0 N–H and O–H groups in total. The van der Waals surface area contributed by atoms with Gasteiger partial charge in [0.1, 0.15) is 6.07 Å². The molecule has 0 bridgehead atoms. The largest absolute Gasteiger partial charge is 0.447 e. The van der Waals surface area contributed by atoms with Crippen LogP contribution in [-0.4, -0.2) is 16.6 Å². The highest BCUT2D eigenvalue weighted by molar-refractivity contribution is 5.73. The molecule has 0 aliphatic carbocycles. The number of carbonyl (C=O) groups is 1. The van der Waals surface area contributed by atoms with Gasteiger partial charge in [-0.2, -0.15) is 5.26 Å². The minimum atomic E-state index is -0.787. The Morgan fingerprint density at radius 3 is 3.00 bits per heavy atom. The number of hydrogen-bond acceptors (Lipinski definition) is 5. The molecule has 0 saturated carbocycles. The van der Waals surface area contributed by atoms with Crippen molar-refractivity contribution in [3.63, 3.8) is 0 Å². The van der Waals surface area contributed by atoms with Crippen molar-refractivity contribution in [1.29, 1.82) is 5.26 Å². The molecule has 1 aromatic heterocycles. The number of aryl methyl sites for hydroxylation is 1. The number of ether oxygens (including phenoxy) is 1. The maximum absolute atomic E-state index is 11.6. The van der Waals surface area contributed by atoms with E-state index in [9.17, 15) is 9.59 Å². The third kappa shape index (κ3) is 2.83. The predicted molar refractivity (Wildman–Crippen MR) is 66.3 cm³/mol. The van der Waals surface area contributed by atoms with Crippen molar-refractivity contribution in [2.24, 2.45) is 0 Å². The molecule has 0 saturated heterocycles. The van der Waals surface area contributed by atoms with Crippen LogP contribution in [0, 0.1) is 11.3 Å². The fraction of sp³-hybridized carbons (Fsp3) is 0.308. The normalized spacial score (nSPS) is 12.0. The highest BCUT2D eigenvalue weighted by Gasteiger charge is 2.12. The van der Waals surface area contributed by atoms with Crippen molar-refractivity contribution < 1.29 is 13.9 Å². The number of aromatic nitrogens is 1. The van der Waals surface area contributed by atoms with Gasteiger partial charge in [0, 0.05) is 6.54 Å². The van der Waals surface area contributed by atoms with Gasteiger partial charge < -0.3 is 9.15 Å². The molecule has 6 nitrogen and oxygen atoms in total. The van der Waals surface area contributed by atoms with Crippen LogP contribution in [0.1, 0.15) is 13.3 Å². The molecule has 1 aromatic carbocycles. The standard InChI is InChI=1S/C13H12N2O4/c1-9(8-14)18-12(16)6-7-15-10-4-2-3-5-11(10)19-13(15)17/h2-5,9H,6-7H2,1H3. The van der Waals surface area contributed by atoms with E-state index >= 15 is 0 Å². The lowest BCUT2D eigenvalue weighted by molar-refractivity contribution is -0.146. The van der Waals surface area contributed by atoms with Gasteiger partial charge in [0.15, 0.2) is 11.7 Å². The third-order valence-corrected chi connectivity index (χ3v) is 2.60. The summed E-state index contributed by atoms with van der Waals surface area (Å²) in [5.41, 5.74) is 1.11. The zero-order valence-electron chi connectivity index (χ0n) is 10.3. The Morgan fingerprint density at radius 1 is 1.53 bits per heavy atom.